The Morgan fingerprint density at radius 2 is 1.88 bits per heavy atom. The van der Waals surface area contributed by atoms with Crippen LogP contribution in [0.4, 0.5) is 4.79 Å². The lowest BCUT2D eigenvalue weighted by Gasteiger charge is -2.47. The maximum atomic E-state index is 12.7. The van der Waals surface area contributed by atoms with Crippen LogP contribution in [0.5, 0.6) is 0 Å². The lowest BCUT2D eigenvalue weighted by Crippen LogP contribution is -2.64. The van der Waals surface area contributed by atoms with Crippen LogP contribution in [0.25, 0.3) is 0 Å². The normalized spacial score (nSPS) is 25.1. The number of rotatable bonds is 8. The number of ether oxygens (including phenoxy) is 3. The number of nitrogens with zero attached hydrogens (tertiary/aromatic N) is 1. The first kappa shape index (κ1) is 20.1. The first-order valence-electron chi connectivity index (χ1n) is 8.28. The molecule has 0 radical (unpaired) electrons. The highest BCUT2D eigenvalue weighted by molar-refractivity contribution is 7.80. The van der Waals surface area contributed by atoms with Crippen molar-refractivity contribution in [2.45, 2.75) is 26.0 Å². The standard InChI is InChI=1S/C18H23NO6S/c1-5-7-23-17(21)15-12(9-26)10(3)14-13(16(20)19(14)15)11(4)25-18(22)24-8-6-2/h5-6,10-11,13-14,26H,1-2,7-9H2,3-4H3/t10-,11+,13+,14?/m0/s1. The summed E-state index contributed by atoms with van der Waals surface area (Å²) in [5.41, 5.74) is 0.978. The molecule has 1 fully saturated rings. The molecule has 0 aliphatic carbocycles. The first-order valence-corrected chi connectivity index (χ1v) is 8.91. The molecule has 1 amide bonds. The topological polar surface area (TPSA) is 82.1 Å². The lowest BCUT2D eigenvalue weighted by molar-refractivity contribution is -0.164. The Bertz CT molecular complexity index is 658. The van der Waals surface area contributed by atoms with Crippen LogP contribution in [0.1, 0.15) is 13.8 Å². The zero-order valence-electron chi connectivity index (χ0n) is 14.8. The van der Waals surface area contributed by atoms with Crippen molar-refractivity contribution in [1.82, 2.24) is 4.90 Å². The second kappa shape index (κ2) is 8.44. The summed E-state index contributed by atoms with van der Waals surface area (Å²) in [5, 5.41) is 0. The Kier molecular flexibility index (Phi) is 6.52. The third-order valence-corrected chi connectivity index (χ3v) is 4.94. The summed E-state index contributed by atoms with van der Waals surface area (Å²) in [6.07, 6.45) is 1.33. The van der Waals surface area contributed by atoms with Crippen LogP contribution in [0.3, 0.4) is 0 Å². The predicted molar refractivity (Wildman–Crippen MR) is 97.4 cm³/mol. The van der Waals surface area contributed by atoms with Gasteiger partial charge in [-0.3, -0.25) is 4.79 Å². The third-order valence-electron chi connectivity index (χ3n) is 4.60. The van der Waals surface area contributed by atoms with Gasteiger partial charge < -0.3 is 19.1 Å². The van der Waals surface area contributed by atoms with E-state index < -0.39 is 24.1 Å². The van der Waals surface area contributed by atoms with Crippen LogP contribution in [-0.4, -0.2) is 54.0 Å². The van der Waals surface area contributed by atoms with Crippen molar-refractivity contribution in [2.75, 3.05) is 19.0 Å². The van der Waals surface area contributed by atoms with E-state index in [1.165, 1.54) is 17.1 Å². The lowest BCUT2D eigenvalue weighted by atomic mass is 9.78. The van der Waals surface area contributed by atoms with Crippen LogP contribution in [0, 0.1) is 11.8 Å². The highest BCUT2D eigenvalue weighted by atomic mass is 32.1. The van der Waals surface area contributed by atoms with E-state index in [1.54, 1.807) is 6.92 Å². The predicted octanol–water partition coefficient (Wildman–Crippen LogP) is 2.10. The van der Waals surface area contributed by atoms with E-state index in [-0.39, 0.29) is 36.8 Å². The average molecular weight is 381 g/mol. The average Bonchev–Trinajstić information content (AvgIpc) is 2.86. The molecule has 2 aliphatic heterocycles. The second-order valence-electron chi connectivity index (χ2n) is 6.11. The van der Waals surface area contributed by atoms with Gasteiger partial charge in [-0.2, -0.15) is 12.6 Å². The molecule has 1 unspecified atom stereocenters. The SMILES string of the molecule is C=CCOC(=O)O[C@H](C)[C@H]1C(=O)N2C(C(=O)OCC=C)=C(CS)[C@H](C)C12. The van der Waals surface area contributed by atoms with Gasteiger partial charge in [0.1, 0.15) is 25.0 Å². The monoisotopic (exact) mass is 381 g/mol. The zero-order chi connectivity index (χ0) is 19.4. The van der Waals surface area contributed by atoms with Gasteiger partial charge in [-0.1, -0.05) is 32.2 Å². The fourth-order valence-corrected chi connectivity index (χ4v) is 3.86. The van der Waals surface area contributed by atoms with Crippen molar-refractivity contribution in [3.05, 3.63) is 36.6 Å². The Balaban J connectivity index is 2.14. The molecule has 2 aliphatic rings. The molecule has 0 aromatic heterocycles. The molecule has 0 bridgehead atoms. The Morgan fingerprint density at radius 3 is 2.46 bits per heavy atom. The molecule has 0 N–H and O–H groups in total. The van der Waals surface area contributed by atoms with Gasteiger partial charge in [0.15, 0.2) is 0 Å². The van der Waals surface area contributed by atoms with Gasteiger partial charge >= 0.3 is 12.1 Å². The van der Waals surface area contributed by atoms with Crippen molar-refractivity contribution < 1.29 is 28.6 Å². The summed E-state index contributed by atoms with van der Waals surface area (Å²) in [7, 11) is 0. The minimum atomic E-state index is -0.859. The van der Waals surface area contributed by atoms with Gasteiger partial charge in [0.2, 0.25) is 5.91 Å². The number of thiol groups is 1. The van der Waals surface area contributed by atoms with Gasteiger partial charge in [0, 0.05) is 11.7 Å². The second-order valence-corrected chi connectivity index (χ2v) is 6.42. The molecule has 2 rings (SSSR count). The maximum Gasteiger partial charge on any atom is 0.508 e. The first-order chi connectivity index (χ1) is 12.4. The van der Waals surface area contributed by atoms with Crippen molar-refractivity contribution in [3.63, 3.8) is 0 Å². The summed E-state index contributed by atoms with van der Waals surface area (Å²) in [4.78, 5) is 38.1. The number of carbonyl (C=O) groups is 3. The number of esters is 1. The van der Waals surface area contributed by atoms with Gasteiger partial charge in [-0.05, 0) is 12.5 Å². The van der Waals surface area contributed by atoms with E-state index in [1.807, 2.05) is 6.92 Å². The molecule has 8 heteroatoms. The Morgan fingerprint density at radius 1 is 1.27 bits per heavy atom. The molecule has 0 aromatic carbocycles. The van der Waals surface area contributed by atoms with E-state index in [4.69, 9.17) is 14.2 Å². The summed E-state index contributed by atoms with van der Waals surface area (Å²) < 4.78 is 15.1. The van der Waals surface area contributed by atoms with Crippen molar-refractivity contribution in [1.29, 1.82) is 0 Å². The molecular weight excluding hydrogens is 358 g/mol. The number of hydrogen-bond acceptors (Lipinski definition) is 7. The number of fused-ring (bicyclic) bond motifs is 1. The summed E-state index contributed by atoms with van der Waals surface area (Å²) in [5.74, 6) is -1.19. The van der Waals surface area contributed by atoms with Crippen LogP contribution >= 0.6 is 12.6 Å². The van der Waals surface area contributed by atoms with Crippen LogP contribution in [0.2, 0.25) is 0 Å². The van der Waals surface area contributed by atoms with Gasteiger partial charge in [0.25, 0.3) is 0 Å². The smallest absolute Gasteiger partial charge is 0.457 e. The molecule has 0 saturated carbocycles. The summed E-state index contributed by atoms with van der Waals surface area (Å²) in [6, 6.07) is -0.280. The largest absolute Gasteiger partial charge is 0.508 e. The van der Waals surface area contributed by atoms with E-state index >= 15 is 0 Å². The van der Waals surface area contributed by atoms with Crippen LogP contribution < -0.4 is 0 Å². The van der Waals surface area contributed by atoms with Crippen LogP contribution in [0.15, 0.2) is 36.6 Å². The fourth-order valence-electron chi connectivity index (χ4n) is 3.42. The van der Waals surface area contributed by atoms with Gasteiger partial charge in [-0.15, -0.1) is 0 Å². The quantitative estimate of drug-likeness (QED) is 0.300. The number of β-lactam (4-membered cyclic amide) rings is 1. The van der Waals surface area contributed by atoms with Crippen molar-refractivity contribution in [3.8, 4) is 0 Å². The zero-order valence-corrected chi connectivity index (χ0v) is 15.7. The van der Waals surface area contributed by atoms with Crippen molar-refractivity contribution in [2.24, 2.45) is 11.8 Å². The molecule has 0 aromatic rings. The maximum absolute atomic E-state index is 12.7. The molecule has 7 nitrogen and oxygen atoms in total. The molecular formula is C18H23NO6S. The van der Waals surface area contributed by atoms with E-state index in [0.29, 0.717) is 5.75 Å². The number of amides is 1. The minimum Gasteiger partial charge on any atom is -0.457 e. The molecule has 2 heterocycles. The van der Waals surface area contributed by atoms with E-state index in [2.05, 4.69) is 25.8 Å². The third kappa shape index (κ3) is 3.51. The minimum absolute atomic E-state index is 0.0285. The summed E-state index contributed by atoms with van der Waals surface area (Å²) >= 11 is 4.30. The molecule has 26 heavy (non-hydrogen) atoms. The molecule has 142 valence electrons. The molecule has 1 saturated heterocycles. The van der Waals surface area contributed by atoms with E-state index in [9.17, 15) is 14.4 Å². The Labute approximate surface area is 158 Å². The van der Waals surface area contributed by atoms with Crippen LogP contribution in [-0.2, 0) is 23.8 Å². The van der Waals surface area contributed by atoms with Crippen molar-refractivity contribution >= 4 is 30.7 Å². The highest BCUT2D eigenvalue weighted by Gasteiger charge is 2.60. The summed E-state index contributed by atoms with van der Waals surface area (Å²) in [6.45, 7) is 10.6. The number of carbonyl (C=O) groups excluding carboxylic acids is 3. The number of hydrogen-bond donors (Lipinski definition) is 1. The molecule has 4 atom stereocenters. The van der Waals surface area contributed by atoms with Gasteiger partial charge in [-0.25, -0.2) is 9.59 Å². The fraction of sp³-hybridized carbons (Fsp3) is 0.500. The Hall–Kier alpha value is -2.22. The highest BCUT2D eigenvalue weighted by Crippen LogP contribution is 2.48. The molecule has 0 spiro atoms. The van der Waals surface area contributed by atoms with Gasteiger partial charge in [0.05, 0.1) is 12.0 Å². The van der Waals surface area contributed by atoms with E-state index in [0.717, 1.165) is 5.57 Å².